The van der Waals surface area contributed by atoms with Crippen LogP contribution in [-0.2, 0) is 0 Å². The smallest absolute Gasteiger partial charge is 0.0300 e. The first kappa shape index (κ1) is 11.3. The van der Waals surface area contributed by atoms with E-state index in [1.165, 1.54) is 38.3 Å². The van der Waals surface area contributed by atoms with Gasteiger partial charge in [0.05, 0.1) is 0 Å². The molecule has 0 aromatic carbocycles. The third-order valence-electron chi connectivity index (χ3n) is 2.58. The Hall–Kier alpha value is -0.760. The maximum atomic E-state index is 2.49. The predicted molar refractivity (Wildman–Crippen MR) is 62.3 cm³/mol. The van der Waals surface area contributed by atoms with E-state index in [-0.39, 0.29) is 0 Å². The van der Waals surface area contributed by atoms with E-state index in [0.29, 0.717) is 0 Å². The quantitative estimate of drug-likeness (QED) is 0.635. The molecular weight excluding hydrogens is 172 g/mol. The highest BCUT2D eigenvalue weighted by atomic mass is 15.2. The van der Waals surface area contributed by atoms with Crippen LogP contribution in [0.4, 0.5) is 0 Å². The Kier molecular flexibility index (Phi) is 4.74. The highest BCUT2D eigenvalue weighted by Gasteiger charge is 2.11. The summed E-state index contributed by atoms with van der Waals surface area (Å²) >= 11 is 0. The molecule has 0 spiro atoms. The minimum Gasteiger partial charge on any atom is -0.375 e. The van der Waals surface area contributed by atoms with Crippen LogP contribution < -0.4 is 0 Å². The van der Waals surface area contributed by atoms with Gasteiger partial charge in [0, 0.05) is 26.2 Å². The van der Waals surface area contributed by atoms with Crippen molar-refractivity contribution in [3.8, 4) is 0 Å². The Balaban J connectivity index is 2.28. The fourth-order valence-corrected chi connectivity index (χ4v) is 1.59. The molecule has 1 heterocycles. The number of nitrogens with zero attached hydrogens (tertiary/aromatic N) is 2. The van der Waals surface area contributed by atoms with Crippen molar-refractivity contribution < 1.29 is 0 Å². The molecule has 0 amide bonds. The van der Waals surface area contributed by atoms with E-state index in [9.17, 15) is 0 Å². The van der Waals surface area contributed by atoms with Gasteiger partial charge in [-0.3, -0.25) is 0 Å². The molecule has 80 valence electrons. The molecule has 1 rings (SSSR count). The normalized spacial score (nSPS) is 18.9. The van der Waals surface area contributed by atoms with Crippen LogP contribution in [0.15, 0.2) is 23.9 Å². The van der Waals surface area contributed by atoms with Gasteiger partial charge in [0.15, 0.2) is 0 Å². The van der Waals surface area contributed by atoms with Crippen molar-refractivity contribution in [1.29, 1.82) is 0 Å². The second-order valence-corrected chi connectivity index (χ2v) is 4.06. The third-order valence-corrected chi connectivity index (χ3v) is 2.58. The lowest BCUT2D eigenvalue weighted by molar-refractivity contribution is 0.175. The molecule has 0 aromatic heterocycles. The Morgan fingerprint density at radius 3 is 2.29 bits per heavy atom. The standard InChI is InChI=1S/C12H22N2/c1-4-13-8-10-14(11-9-13)7-5-6-12(2)3/h5-7H,4,8-11H2,1-3H3. The zero-order chi connectivity index (χ0) is 10.4. The van der Waals surface area contributed by atoms with Crippen LogP contribution in [0, 0.1) is 0 Å². The lowest BCUT2D eigenvalue weighted by atomic mass is 10.3. The van der Waals surface area contributed by atoms with Gasteiger partial charge in [-0.25, -0.2) is 0 Å². The van der Waals surface area contributed by atoms with Crippen LogP contribution in [0.5, 0.6) is 0 Å². The van der Waals surface area contributed by atoms with Crippen LogP contribution in [0.2, 0.25) is 0 Å². The average molecular weight is 194 g/mol. The van der Waals surface area contributed by atoms with E-state index in [1.54, 1.807) is 0 Å². The van der Waals surface area contributed by atoms with Crippen molar-refractivity contribution >= 4 is 0 Å². The van der Waals surface area contributed by atoms with Crippen molar-refractivity contribution in [2.24, 2.45) is 0 Å². The monoisotopic (exact) mass is 194 g/mol. The first-order valence-corrected chi connectivity index (χ1v) is 5.50. The summed E-state index contributed by atoms with van der Waals surface area (Å²) < 4.78 is 0. The molecule has 14 heavy (non-hydrogen) atoms. The molecule has 0 saturated carbocycles. The summed E-state index contributed by atoms with van der Waals surface area (Å²) in [5, 5.41) is 0. The first-order valence-electron chi connectivity index (χ1n) is 5.50. The minimum atomic E-state index is 1.17. The fourth-order valence-electron chi connectivity index (χ4n) is 1.59. The summed E-state index contributed by atoms with van der Waals surface area (Å²) in [6.07, 6.45) is 6.52. The summed E-state index contributed by atoms with van der Waals surface area (Å²) in [5.74, 6) is 0. The van der Waals surface area contributed by atoms with E-state index in [2.05, 4.69) is 48.9 Å². The maximum absolute atomic E-state index is 2.49. The van der Waals surface area contributed by atoms with Gasteiger partial charge in [0.2, 0.25) is 0 Å². The van der Waals surface area contributed by atoms with Crippen molar-refractivity contribution in [2.75, 3.05) is 32.7 Å². The zero-order valence-corrected chi connectivity index (χ0v) is 9.66. The number of hydrogen-bond acceptors (Lipinski definition) is 2. The number of rotatable bonds is 3. The van der Waals surface area contributed by atoms with Crippen LogP contribution in [-0.4, -0.2) is 42.5 Å². The van der Waals surface area contributed by atoms with Crippen LogP contribution in [0.1, 0.15) is 20.8 Å². The molecule has 1 saturated heterocycles. The Morgan fingerprint density at radius 1 is 1.14 bits per heavy atom. The second-order valence-electron chi connectivity index (χ2n) is 4.06. The summed E-state index contributed by atoms with van der Waals surface area (Å²) in [5.41, 5.74) is 1.36. The van der Waals surface area contributed by atoms with Crippen molar-refractivity contribution in [2.45, 2.75) is 20.8 Å². The molecule has 1 fully saturated rings. The summed E-state index contributed by atoms with van der Waals surface area (Å²) in [4.78, 5) is 4.89. The molecular formula is C12H22N2. The predicted octanol–water partition coefficient (Wildman–Crippen LogP) is 2.10. The van der Waals surface area contributed by atoms with Gasteiger partial charge in [-0.1, -0.05) is 18.6 Å². The largest absolute Gasteiger partial charge is 0.375 e. The Morgan fingerprint density at radius 2 is 1.79 bits per heavy atom. The molecule has 0 aliphatic carbocycles. The molecule has 2 nitrogen and oxygen atoms in total. The second kappa shape index (κ2) is 5.86. The molecule has 1 aliphatic rings. The molecule has 0 bridgehead atoms. The van der Waals surface area contributed by atoms with E-state index in [1.807, 2.05) is 0 Å². The maximum Gasteiger partial charge on any atom is 0.0300 e. The van der Waals surface area contributed by atoms with Gasteiger partial charge in [-0.15, -0.1) is 0 Å². The highest BCUT2D eigenvalue weighted by molar-refractivity contribution is 5.08. The number of piperazine rings is 1. The van der Waals surface area contributed by atoms with Gasteiger partial charge < -0.3 is 9.80 Å². The van der Waals surface area contributed by atoms with E-state index in [0.717, 1.165) is 0 Å². The molecule has 0 radical (unpaired) electrons. The Bertz CT molecular complexity index is 206. The van der Waals surface area contributed by atoms with Crippen molar-refractivity contribution in [3.63, 3.8) is 0 Å². The van der Waals surface area contributed by atoms with Crippen LogP contribution in [0.3, 0.4) is 0 Å². The summed E-state index contributed by atoms with van der Waals surface area (Å²) in [7, 11) is 0. The van der Waals surface area contributed by atoms with Gasteiger partial charge in [0.25, 0.3) is 0 Å². The van der Waals surface area contributed by atoms with E-state index in [4.69, 9.17) is 0 Å². The van der Waals surface area contributed by atoms with E-state index < -0.39 is 0 Å². The van der Waals surface area contributed by atoms with Gasteiger partial charge in [0.1, 0.15) is 0 Å². The minimum absolute atomic E-state index is 1.17. The van der Waals surface area contributed by atoms with E-state index >= 15 is 0 Å². The number of allylic oxidation sites excluding steroid dienone is 3. The van der Waals surface area contributed by atoms with Crippen molar-refractivity contribution in [1.82, 2.24) is 9.80 Å². The van der Waals surface area contributed by atoms with Gasteiger partial charge in [-0.2, -0.15) is 0 Å². The molecule has 0 atom stereocenters. The average Bonchev–Trinajstić information content (AvgIpc) is 2.18. The lowest BCUT2D eigenvalue weighted by Gasteiger charge is -2.33. The first-order chi connectivity index (χ1) is 6.72. The molecule has 0 N–H and O–H groups in total. The van der Waals surface area contributed by atoms with Crippen LogP contribution >= 0.6 is 0 Å². The summed E-state index contributed by atoms with van der Waals surface area (Å²) in [6, 6.07) is 0. The molecule has 1 aliphatic heterocycles. The topological polar surface area (TPSA) is 6.48 Å². The summed E-state index contributed by atoms with van der Waals surface area (Å²) in [6.45, 7) is 12.4. The number of hydrogen-bond donors (Lipinski definition) is 0. The zero-order valence-electron chi connectivity index (χ0n) is 9.66. The van der Waals surface area contributed by atoms with Gasteiger partial charge in [-0.05, 0) is 32.7 Å². The third kappa shape index (κ3) is 3.97. The highest BCUT2D eigenvalue weighted by Crippen LogP contribution is 2.01. The van der Waals surface area contributed by atoms with Crippen molar-refractivity contribution in [3.05, 3.63) is 23.9 Å². The Labute approximate surface area is 87.9 Å². The molecule has 2 heteroatoms. The molecule has 0 unspecified atom stereocenters. The SMILES string of the molecule is CCN1CCN(C=CC=C(C)C)CC1. The lowest BCUT2D eigenvalue weighted by Crippen LogP contribution is -2.43. The number of likely N-dealkylation sites (N-methyl/N-ethyl adjacent to an activating group) is 1. The molecule has 0 aromatic rings. The van der Waals surface area contributed by atoms with Gasteiger partial charge >= 0.3 is 0 Å². The van der Waals surface area contributed by atoms with Crippen LogP contribution in [0.25, 0.3) is 0 Å². The fraction of sp³-hybridized carbons (Fsp3) is 0.667.